The van der Waals surface area contributed by atoms with E-state index in [9.17, 15) is 23.1 Å². The summed E-state index contributed by atoms with van der Waals surface area (Å²) in [6.45, 7) is 4.71. The molecule has 3 heterocycles. The van der Waals surface area contributed by atoms with E-state index >= 15 is 4.39 Å². The summed E-state index contributed by atoms with van der Waals surface area (Å²) in [5.41, 5.74) is -0.155. The van der Waals surface area contributed by atoms with Crippen LogP contribution in [0.1, 0.15) is 113 Å². The van der Waals surface area contributed by atoms with Gasteiger partial charge in [-0.15, -0.1) is 0 Å². The summed E-state index contributed by atoms with van der Waals surface area (Å²) in [5, 5.41) is 13.0. The Kier molecular flexibility index (Phi) is 13.3. The minimum atomic E-state index is -4.23. The minimum Gasteiger partial charge on any atom is -0.492 e. The molecule has 1 aliphatic carbocycles. The van der Waals surface area contributed by atoms with Gasteiger partial charge < -0.3 is 24.6 Å². The molecule has 2 atom stereocenters. The number of anilines is 1. The number of hydrogen-bond donors (Lipinski definition) is 3. The third-order valence-corrected chi connectivity index (χ3v) is 9.68. The lowest BCUT2D eigenvalue weighted by Gasteiger charge is -2.25. The summed E-state index contributed by atoms with van der Waals surface area (Å²) in [5.74, 6) is -1.07. The molecule has 3 aliphatic rings. The highest BCUT2D eigenvalue weighted by Crippen LogP contribution is 2.45. The van der Waals surface area contributed by atoms with Gasteiger partial charge in [0, 0.05) is 31.4 Å². The zero-order valence-electron chi connectivity index (χ0n) is 27.1. The van der Waals surface area contributed by atoms with E-state index in [4.69, 9.17) is 9.29 Å². The van der Waals surface area contributed by atoms with Crippen LogP contribution in [-0.4, -0.2) is 68.0 Å². The Bertz CT molecular complexity index is 1480. The van der Waals surface area contributed by atoms with Gasteiger partial charge in [-0.2, -0.15) is 8.42 Å². The van der Waals surface area contributed by atoms with Crippen LogP contribution in [0.3, 0.4) is 0 Å². The highest BCUT2D eigenvalue weighted by molar-refractivity contribution is 7.80. The van der Waals surface area contributed by atoms with Crippen LogP contribution >= 0.6 is 0 Å². The predicted octanol–water partition coefficient (Wildman–Crippen LogP) is 6.10. The number of ether oxygens (including phenoxy) is 1. The lowest BCUT2D eigenvalue weighted by atomic mass is 9.94. The molecule has 0 radical (unpaired) electrons. The van der Waals surface area contributed by atoms with Gasteiger partial charge >= 0.3 is 16.4 Å². The second-order valence-electron chi connectivity index (χ2n) is 12.8. The number of benzene rings is 1. The summed E-state index contributed by atoms with van der Waals surface area (Å²) in [6.07, 6.45) is 17.3. The molecule has 46 heavy (non-hydrogen) atoms. The maximum Gasteiger partial charge on any atom is 0.397 e. The molecule has 1 aromatic heterocycles. The van der Waals surface area contributed by atoms with Gasteiger partial charge in [-0.1, -0.05) is 64.7 Å². The second kappa shape index (κ2) is 16.9. The molecule has 2 saturated heterocycles. The van der Waals surface area contributed by atoms with Gasteiger partial charge in [0.1, 0.15) is 11.3 Å². The minimum absolute atomic E-state index is 0.0599. The standard InChI is InChI=1S/C21H24FN3O4.C12H26O4S/c1-29-20-17-13(19(26)14(21(27)28)9-25(17)12-4-5-12)7-15(22)18(20)24-8-11-3-2-6-23-16(11)10-24;1-2-3-4-5-6-7-8-9-10-11-12-16-17(13,14)15/h7,9,11-12,16,23H,2-6,8,10H2,1H3,(H,27,28);2-12H2,1H3,(H,13,14,15)/t11-,16+;/m0./s1. The Morgan fingerprint density at radius 3 is 2.26 bits per heavy atom. The monoisotopic (exact) mass is 667 g/mol. The van der Waals surface area contributed by atoms with E-state index in [0.717, 1.165) is 51.6 Å². The molecule has 0 spiro atoms. The number of methoxy groups -OCH3 is 1. The smallest absolute Gasteiger partial charge is 0.397 e. The number of hydrogen-bond acceptors (Lipinski definition) is 8. The van der Waals surface area contributed by atoms with Crippen LogP contribution in [0, 0.1) is 11.7 Å². The SMILES string of the molecule is CCCCCCCCCCCCOS(=O)(=O)O.COc1c(N2C[C@@H]3CCCN[C@@H]3C2)c(F)cc2c(=O)c(C(=O)O)cn(C3CC3)c12. The molecule has 5 rings (SSSR count). The first kappa shape index (κ1) is 36.1. The lowest BCUT2D eigenvalue weighted by Crippen LogP contribution is -2.40. The van der Waals surface area contributed by atoms with Crippen molar-refractivity contribution in [2.75, 3.05) is 38.3 Å². The molecule has 1 aromatic carbocycles. The summed E-state index contributed by atoms with van der Waals surface area (Å²) in [4.78, 5) is 26.4. The Hall–Kier alpha value is -2.74. The van der Waals surface area contributed by atoms with Crippen LogP contribution in [0.25, 0.3) is 10.9 Å². The van der Waals surface area contributed by atoms with Crippen molar-refractivity contribution >= 4 is 33.0 Å². The van der Waals surface area contributed by atoms with E-state index in [1.54, 1.807) is 4.57 Å². The third kappa shape index (κ3) is 9.65. The second-order valence-corrected chi connectivity index (χ2v) is 13.8. The van der Waals surface area contributed by atoms with E-state index in [1.807, 2.05) is 4.90 Å². The van der Waals surface area contributed by atoms with E-state index in [2.05, 4.69) is 16.4 Å². The molecular weight excluding hydrogens is 617 g/mol. The quantitative estimate of drug-likeness (QED) is 0.142. The molecule has 0 unspecified atom stereocenters. The van der Waals surface area contributed by atoms with Gasteiger partial charge in [-0.3, -0.25) is 9.35 Å². The van der Waals surface area contributed by atoms with Crippen molar-refractivity contribution in [3.05, 3.63) is 33.9 Å². The summed E-state index contributed by atoms with van der Waals surface area (Å²) in [7, 11) is -2.76. The van der Waals surface area contributed by atoms with Crippen LogP contribution in [0.15, 0.2) is 17.1 Å². The van der Waals surface area contributed by atoms with Crippen molar-refractivity contribution in [3.8, 4) is 5.75 Å². The fourth-order valence-electron chi connectivity index (χ4n) is 6.71. The van der Waals surface area contributed by atoms with Crippen LogP contribution in [0.5, 0.6) is 5.75 Å². The van der Waals surface area contributed by atoms with Crippen molar-refractivity contribution in [3.63, 3.8) is 0 Å². The maximum absolute atomic E-state index is 15.3. The maximum atomic E-state index is 15.3. The van der Waals surface area contributed by atoms with Crippen LogP contribution in [0.4, 0.5) is 10.1 Å². The number of carboxylic acid groups (broad SMARTS) is 1. The Balaban J connectivity index is 0.000000244. The van der Waals surface area contributed by atoms with E-state index < -0.39 is 27.6 Å². The van der Waals surface area contributed by atoms with Gasteiger partial charge in [0.05, 0.1) is 24.6 Å². The number of unbranched alkanes of at least 4 members (excludes halogenated alkanes) is 9. The molecule has 0 bridgehead atoms. The van der Waals surface area contributed by atoms with Crippen molar-refractivity contribution in [1.82, 2.24) is 9.88 Å². The van der Waals surface area contributed by atoms with Crippen molar-refractivity contribution in [2.45, 2.75) is 109 Å². The average Bonchev–Trinajstić information content (AvgIpc) is 3.77. The molecule has 2 aliphatic heterocycles. The highest BCUT2D eigenvalue weighted by Gasteiger charge is 2.38. The van der Waals surface area contributed by atoms with Gasteiger partial charge in [-0.25, -0.2) is 13.4 Å². The molecule has 13 heteroatoms. The lowest BCUT2D eigenvalue weighted by molar-refractivity contribution is 0.0694. The molecule has 1 saturated carbocycles. The highest BCUT2D eigenvalue weighted by atomic mass is 32.3. The first-order valence-corrected chi connectivity index (χ1v) is 18.2. The number of carbonyl (C=O) groups is 1. The summed E-state index contributed by atoms with van der Waals surface area (Å²) >= 11 is 0. The largest absolute Gasteiger partial charge is 0.492 e. The first-order chi connectivity index (χ1) is 22.1. The van der Waals surface area contributed by atoms with Gasteiger partial charge in [0.25, 0.3) is 0 Å². The molecular formula is C33H50FN3O8S. The zero-order chi connectivity index (χ0) is 33.3. The summed E-state index contributed by atoms with van der Waals surface area (Å²) in [6, 6.07) is 1.62. The molecule has 258 valence electrons. The van der Waals surface area contributed by atoms with E-state index in [0.29, 0.717) is 41.9 Å². The number of rotatable bonds is 16. The van der Waals surface area contributed by atoms with E-state index in [1.165, 1.54) is 64.3 Å². The van der Waals surface area contributed by atoms with Crippen molar-refractivity contribution < 1.29 is 36.2 Å². The van der Waals surface area contributed by atoms with Crippen LogP contribution in [-0.2, 0) is 14.6 Å². The molecule has 3 N–H and O–H groups in total. The molecule has 3 fully saturated rings. The number of aromatic carboxylic acids is 1. The Labute approximate surface area is 271 Å². The topological polar surface area (TPSA) is 147 Å². The number of carboxylic acids is 1. The number of piperidine rings is 1. The number of aromatic nitrogens is 1. The van der Waals surface area contributed by atoms with Crippen molar-refractivity contribution in [2.24, 2.45) is 5.92 Å². The third-order valence-electron chi connectivity index (χ3n) is 9.22. The van der Waals surface area contributed by atoms with Gasteiger partial charge in [0.2, 0.25) is 5.43 Å². The number of nitrogens with zero attached hydrogens (tertiary/aromatic N) is 2. The number of pyridine rings is 1. The molecule has 0 amide bonds. The normalized spacial score (nSPS) is 19.5. The van der Waals surface area contributed by atoms with Crippen molar-refractivity contribution in [1.29, 1.82) is 0 Å². The Morgan fingerprint density at radius 1 is 1.04 bits per heavy atom. The predicted molar refractivity (Wildman–Crippen MR) is 176 cm³/mol. The molecule has 11 nitrogen and oxygen atoms in total. The molecule has 2 aromatic rings. The van der Waals surface area contributed by atoms with E-state index in [-0.39, 0.29) is 23.6 Å². The van der Waals surface area contributed by atoms with Gasteiger partial charge in [-0.05, 0) is 50.6 Å². The first-order valence-electron chi connectivity index (χ1n) is 16.8. The summed E-state index contributed by atoms with van der Waals surface area (Å²) < 4.78 is 55.8. The Morgan fingerprint density at radius 2 is 1.70 bits per heavy atom. The van der Waals surface area contributed by atoms with Gasteiger partial charge in [0.15, 0.2) is 11.6 Å². The fourth-order valence-corrected chi connectivity index (χ4v) is 7.04. The average molecular weight is 668 g/mol. The number of fused-ring (bicyclic) bond motifs is 2. The van der Waals surface area contributed by atoms with Crippen LogP contribution in [0.2, 0.25) is 0 Å². The zero-order valence-corrected chi connectivity index (χ0v) is 28.0. The van der Waals surface area contributed by atoms with Crippen LogP contribution < -0.4 is 20.4 Å². The number of halogens is 1. The fraction of sp³-hybridized carbons (Fsp3) is 0.697. The number of nitrogens with one attached hydrogen (secondary N) is 1.